The molecule has 1 saturated heterocycles. The number of rotatable bonds is 6. The maximum Gasteiger partial charge on any atom is 0.0839 e. The first-order valence-corrected chi connectivity index (χ1v) is 8.12. The number of nitrogens with zero attached hydrogens (tertiary/aromatic N) is 2. The molecule has 1 fully saturated rings. The lowest BCUT2D eigenvalue weighted by Crippen LogP contribution is -2.47. The summed E-state index contributed by atoms with van der Waals surface area (Å²) in [7, 11) is 0. The summed E-state index contributed by atoms with van der Waals surface area (Å²) >= 11 is 0. The van der Waals surface area contributed by atoms with Crippen molar-refractivity contribution >= 4 is 0 Å². The highest BCUT2D eigenvalue weighted by Crippen LogP contribution is 2.19. The summed E-state index contributed by atoms with van der Waals surface area (Å²) < 4.78 is 0. The van der Waals surface area contributed by atoms with E-state index >= 15 is 0 Å². The minimum Gasteiger partial charge on any atom is -0.313 e. The minimum absolute atomic E-state index is 0.0443. The number of nitriles is 1. The molecule has 0 saturated carbocycles. The molecular weight excluding hydrogens is 258 g/mol. The maximum atomic E-state index is 9.52. The van der Waals surface area contributed by atoms with Crippen LogP contribution in [-0.2, 0) is 0 Å². The standard InChI is InChI=1S/C18H27N3/c1-15(2)21(14-18-10-6-7-11-20-18)13-17(12-19)16-8-4-3-5-9-16/h3-5,8-9,15,17-18,20H,6-7,10-11,13-14H2,1-2H3. The number of hydrogen-bond donors (Lipinski definition) is 1. The largest absolute Gasteiger partial charge is 0.313 e. The highest BCUT2D eigenvalue weighted by atomic mass is 15.2. The number of nitrogens with one attached hydrogen (secondary N) is 1. The SMILES string of the molecule is CC(C)N(CC1CCCCN1)CC(C#N)c1ccccc1. The second kappa shape index (κ2) is 8.17. The molecule has 2 unspecified atom stereocenters. The van der Waals surface area contributed by atoms with Crippen LogP contribution in [-0.4, -0.2) is 36.6 Å². The Kier molecular flexibility index (Phi) is 6.22. The first kappa shape index (κ1) is 16.0. The van der Waals surface area contributed by atoms with E-state index in [1.807, 2.05) is 18.2 Å². The van der Waals surface area contributed by atoms with Crippen molar-refractivity contribution in [3.63, 3.8) is 0 Å². The number of hydrogen-bond acceptors (Lipinski definition) is 3. The van der Waals surface area contributed by atoms with Crippen molar-refractivity contribution in [2.45, 2.75) is 51.1 Å². The van der Waals surface area contributed by atoms with Gasteiger partial charge in [0.25, 0.3) is 0 Å². The third kappa shape index (κ3) is 4.84. The Hall–Kier alpha value is -1.37. The van der Waals surface area contributed by atoms with Crippen LogP contribution in [0.5, 0.6) is 0 Å². The summed E-state index contributed by atoms with van der Waals surface area (Å²) in [4.78, 5) is 2.45. The second-order valence-electron chi connectivity index (χ2n) is 6.29. The van der Waals surface area contributed by atoms with Gasteiger partial charge < -0.3 is 5.32 Å². The molecule has 1 aliphatic rings. The van der Waals surface area contributed by atoms with Gasteiger partial charge in [-0.3, -0.25) is 4.90 Å². The van der Waals surface area contributed by atoms with Crippen molar-refractivity contribution in [3.8, 4) is 6.07 Å². The lowest BCUT2D eigenvalue weighted by molar-refractivity contribution is 0.182. The summed E-state index contributed by atoms with van der Waals surface area (Å²) in [5.74, 6) is -0.0443. The van der Waals surface area contributed by atoms with Crippen molar-refractivity contribution in [3.05, 3.63) is 35.9 Å². The molecule has 1 aliphatic heterocycles. The van der Waals surface area contributed by atoms with Crippen molar-refractivity contribution in [2.75, 3.05) is 19.6 Å². The van der Waals surface area contributed by atoms with Crippen LogP contribution in [0.4, 0.5) is 0 Å². The number of piperidine rings is 1. The molecule has 21 heavy (non-hydrogen) atoms. The van der Waals surface area contributed by atoms with Crippen LogP contribution in [0.1, 0.15) is 44.6 Å². The lowest BCUT2D eigenvalue weighted by Gasteiger charge is -2.34. The summed E-state index contributed by atoms with van der Waals surface area (Å²) in [5.41, 5.74) is 1.13. The van der Waals surface area contributed by atoms with Crippen molar-refractivity contribution in [1.29, 1.82) is 5.26 Å². The molecule has 2 rings (SSSR count). The molecule has 0 aromatic heterocycles. The van der Waals surface area contributed by atoms with Gasteiger partial charge in [-0.15, -0.1) is 0 Å². The van der Waals surface area contributed by atoms with E-state index in [1.165, 1.54) is 19.3 Å². The van der Waals surface area contributed by atoms with Gasteiger partial charge in [0.05, 0.1) is 12.0 Å². The van der Waals surface area contributed by atoms with Gasteiger partial charge in [0, 0.05) is 25.2 Å². The normalized spacial score (nSPS) is 20.4. The molecule has 1 aromatic rings. The smallest absolute Gasteiger partial charge is 0.0839 e. The molecule has 114 valence electrons. The number of benzene rings is 1. The highest BCUT2D eigenvalue weighted by molar-refractivity contribution is 5.25. The molecule has 3 heteroatoms. The van der Waals surface area contributed by atoms with Crippen molar-refractivity contribution < 1.29 is 0 Å². The van der Waals surface area contributed by atoms with Gasteiger partial charge in [-0.2, -0.15) is 5.26 Å². The zero-order valence-corrected chi connectivity index (χ0v) is 13.3. The molecule has 1 N–H and O–H groups in total. The van der Waals surface area contributed by atoms with E-state index in [4.69, 9.17) is 0 Å². The molecule has 3 nitrogen and oxygen atoms in total. The minimum atomic E-state index is -0.0443. The maximum absolute atomic E-state index is 9.52. The zero-order valence-electron chi connectivity index (χ0n) is 13.3. The molecule has 1 heterocycles. The Morgan fingerprint density at radius 2 is 2.05 bits per heavy atom. The Labute approximate surface area is 129 Å². The quantitative estimate of drug-likeness (QED) is 0.872. The van der Waals surface area contributed by atoms with Crippen molar-refractivity contribution in [1.82, 2.24) is 10.2 Å². The molecule has 0 amide bonds. The summed E-state index contributed by atoms with van der Waals surface area (Å²) in [6.07, 6.45) is 3.87. The molecule has 0 spiro atoms. The van der Waals surface area contributed by atoms with Crippen molar-refractivity contribution in [2.24, 2.45) is 0 Å². The fourth-order valence-electron chi connectivity index (χ4n) is 3.00. The van der Waals surface area contributed by atoms with Gasteiger partial charge >= 0.3 is 0 Å². The lowest BCUT2D eigenvalue weighted by atomic mass is 9.98. The molecular formula is C18H27N3. The van der Waals surface area contributed by atoms with Gasteiger partial charge in [0.1, 0.15) is 0 Å². The topological polar surface area (TPSA) is 39.1 Å². The summed E-state index contributed by atoms with van der Waals surface area (Å²) in [5, 5.41) is 13.1. The Balaban J connectivity index is 1.99. The fourth-order valence-corrected chi connectivity index (χ4v) is 3.00. The van der Waals surface area contributed by atoms with E-state index < -0.39 is 0 Å². The Morgan fingerprint density at radius 3 is 2.62 bits per heavy atom. The molecule has 1 aromatic carbocycles. The van der Waals surface area contributed by atoms with Gasteiger partial charge in [-0.1, -0.05) is 36.8 Å². The van der Waals surface area contributed by atoms with Gasteiger partial charge in [0.2, 0.25) is 0 Å². The first-order chi connectivity index (χ1) is 10.2. The molecule has 2 atom stereocenters. The van der Waals surface area contributed by atoms with Crippen LogP contribution in [0, 0.1) is 11.3 Å². The van der Waals surface area contributed by atoms with Crippen LogP contribution in [0.15, 0.2) is 30.3 Å². The van der Waals surface area contributed by atoms with Crippen LogP contribution >= 0.6 is 0 Å². The van der Waals surface area contributed by atoms with E-state index in [-0.39, 0.29) is 5.92 Å². The van der Waals surface area contributed by atoms with E-state index in [9.17, 15) is 5.26 Å². The first-order valence-electron chi connectivity index (χ1n) is 8.12. The molecule has 0 aliphatic carbocycles. The summed E-state index contributed by atoms with van der Waals surface area (Å²) in [6, 6.07) is 13.7. The van der Waals surface area contributed by atoms with Crippen LogP contribution < -0.4 is 5.32 Å². The zero-order chi connectivity index (χ0) is 15.1. The van der Waals surface area contributed by atoms with E-state index in [0.29, 0.717) is 12.1 Å². The third-order valence-electron chi connectivity index (χ3n) is 4.37. The third-order valence-corrected chi connectivity index (χ3v) is 4.37. The van der Waals surface area contributed by atoms with Gasteiger partial charge in [-0.25, -0.2) is 0 Å². The fraction of sp³-hybridized carbons (Fsp3) is 0.611. The van der Waals surface area contributed by atoms with Crippen LogP contribution in [0.25, 0.3) is 0 Å². The average Bonchev–Trinajstić information content (AvgIpc) is 2.53. The van der Waals surface area contributed by atoms with E-state index in [0.717, 1.165) is 25.2 Å². The molecule has 0 bridgehead atoms. The van der Waals surface area contributed by atoms with E-state index in [2.05, 4.69) is 42.3 Å². The van der Waals surface area contributed by atoms with Crippen LogP contribution in [0.3, 0.4) is 0 Å². The predicted octanol–water partition coefficient (Wildman–Crippen LogP) is 3.15. The van der Waals surface area contributed by atoms with E-state index in [1.54, 1.807) is 0 Å². The average molecular weight is 285 g/mol. The van der Waals surface area contributed by atoms with Gasteiger partial charge in [0.15, 0.2) is 0 Å². The van der Waals surface area contributed by atoms with Gasteiger partial charge in [-0.05, 0) is 38.8 Å². The molecule has 0 radical (unpaired) electrons. The summed E-state index contributed by atoms with van der Waals surface area (Å²) in [6.45, 7) is 7.44. The Morgan fingerprint density at radius 1 is 1.29 bits per heavy atom. The predicted molar refractivity (Wildman–Crippen MR) is 87.1 cm³/mol. The van der Waals surface area contributed by atoms with Crippen LogP contribution in [0.2, 0.25) is 0 Å². The highest BCUT2D eigenvalue weighted by Gasteiger charge is 2.22. The monoisotopic (exact) mass is 285 g/mol. The Bertz CT molecular complexity index is 443. The second-order valence-corrected chi connectivity index (χ2v) is 6.29.